The Balaban J connectivity index is 2.09. The van der Waals surface area contributed by atoms with Crippen LogP contribution in [0, 0.1) is 13.8 Å². The minimum atomic E-state index is 0.0988. The molecule has 0 spiro atoms. The first-order chi connectivity index (χ1) is 8.15. The van der Waals surface area contributed by atoms with E-state index in [-0.39, 0.29) is 5.60 Å². The van der Waals surface area contributed by atoms with Crippen LogP contribution in [-0.2, 0) is 0 Å². The molecule has 0 unspecified atom stereocenters. The monoisotopic (exact) mass is 233 g/mol. The number of hydrogen-bond donors (Lipinski definition) is 1. The van der Waals surface area contributed by atoms with E-state index >= 15 is 0 Å². The summed E-state index contributed by atoms with van der Waals surface area (Å²) in [4.78, 5) is 0. The molecule has 1 aromatic rings. The minimum absolute atomic E-state index is 0.0988. The zero-order valence-electron chi connectivity index (χ0n) is 11.2. The summed E-state index contributed by atoms with van der Waals surface area (Å²) in [6.45, 7) is 5.28. The van der Waals surface area contributed by atoms with Crippen LogP contribution in [0.5, 0.6) is 5.75 Å². The van der Waals surface area contributed by atoms with E-state index in [1.165, 1.54) is 30.4 Å². The van der Waals surface area contributed by atoms with Gasteiger partial charge in [0.2, 0.25) is 0 Å². The van der Waals surface area contributed by atoms with Crippen LogP contribution in [0.3, 0.4) is 0 Å². The number of aryl methyl sites for hydroxylation is 2. The molecule has 1 saturated carbocycles. The smallest absolute Gasteiger partial charge is 0.123 e. The lowest BCUT2D eigenvalue weighted by atomic mass is 9.77. The predicted octanol–water partition coefficient (Wildman–Crippen LogP) is 3.21. The highest BCUT2D eigenvalue weighted by Crippen LogP contribution is 2.40. The van der Waals surface area contributed by atoms with Crippen LogP contribution in [0.25, 0.3) is 0 Å². The highest BCUT2D eigenvalue weighted by atomic mass is 16.5. The topological polar surface area (TPSA) is 21.3 Å². The molecule has 2 nitrogen and oxygen atoms in total. The third kappa shape index (κ3) is 2.81. The second kappa shape index (κ2) is 5.09. The maximum atomic E-state index is 6.31. The van der Waals surface area contributed by atoms with Crippen LogP contribution in [0.15, 0.2) is 18.2 Å². The molecule has 1 fully saturated rings. The molecule has 0 radical (unpaired) electrons. The van der Waals surface area contributed by atoms with Crippen molar-refractivity contribution in [2.45, 2.75) is 45.1 Å². The molecule has 0 atom stereocenters. The zero-order chi connectivity index (χ0) is 12.3. The van der Waals surface area contributed by atoms with Crippen molar-refractivity contribution in [3.63, 3.8) is 0 Å². The van der Waals surface area contributed by atoms with E-state index in [1.807, 2.05) is 7.05 Å². The Labute approximate surface area is 104 Å². The Morgan fingerprint density at radius 3 is 2.65 bits per heavy atom. The van der Waals surface area contributed by atoms with Gasteiger partial charge in [0.05, 0.1) is 0 Å². The second-order valence-electron chi connectivity index (χ2n) is 5.26. The molecule has 2 rings (SSSR count). The number of rotatable bonds is 5. The first-order valence-electron chi connectivity index (χ1n) is 6.56. The second-order valence-corrected chi connectivity index (χ2v) is 5.26. The summed E-state index contributed by atoms with van der Waals surface area (Å²) in [5.74, 6) is 1.07. The van der Waals surface area contributed by atoms with E-state index in [1.54, 1.807) is 0 Å². The van der Waals surface area contributed by atoms with Crippen LogP contribution < -0.4 is 10.1 Å². The Morgan fingerprint density at radius 2 is 2.06 bits per heavy atom. The highest BCUT2D eigenvalue weighted by molar-refractivity contribution is 5.36. The van der Waals surface area contributed by atoms with E-state index in [0.717, 1.165) is 18.7 Å². The van der Waals surface area contributed by atoms with E-state index in [2.05, 4.69) is 37.4 Å². The molecule has 1 aliphatic rings. The summed E-state index contributed by atoms with van der Waals surface area (Å²) in [6.07, 6.45) is 4.80. The first-order valence-corrected chi connectivity index (χ1v) is 6.56. The van der Waals surface area contributed by atoms with Crippen LogP contribution >= 0.6 is 0 Å². The van der Waals surface area contributed by atoms with E-state index in [0.29, 0.717) is 0 Å². The van der Waals surface area contributed by atoms with Gasteiger partial charge in [-0.05, 0) is 70.3 Å². The normalized spacial score (nSPS) is 17.6. The molecule has 1 aliphatic carbocycles. The fourth-order valence-corrected chi connectivity index (χ4v) is 2.38. The van der Waals surface area contributed by atoms with Gasteiger partial charge >= 0.3 is 0 Å². The van der Waals surface area contributed by atoms with Gasteiger partial charge in [-0.1, -0.05) is 12.1 Å². The molecule has 0 heterocycles. The third-order valence-electron chi connectivity index (χ3n) is 3.77. The standard InChI is InChI=1S/C15H23NO/c1-12-5-6-13(2)14(11-12)17-15(7-4-8-15)9-10-16-3/h5-6,11,16H,4,7-10H2,1-3H3. The van der Waals surface area contributed by atoms with Crippen molar-refractivity contribution in [1.82, 2.24) is 5.32 Å². The summed E-state index contributed by atoms with van der Waals surface area (Å²) < 4.78 is 6.31. The Bertz CT molecular complexity index is 383. The molecule has 0 aliphatic heterocycles. The van der Waals surface area contributed by atoms with E-state index in [9.17, 15) is 0 Å². The Morgan fingerprint density at radius 1 is 1.29 bits per heavy atom. The highest BCUT2D eigenvalue weighted by Gasteiger charge is 2.38. The number of nitrogens with one attached hydrogen (secondary N) is 1. The zero-order valence-corrected chi connectivity index (χ0v) is 11.2. The van der Waals surface area contributed by atoms with Gasteiger partial charge in [-0.2, -0.15) is 0 Å². The van der Waals surface area contributed by atoms with Crippen molar-refractivity contribution in [2.75, 3.05) is 13.6 Å². The molecule has 0 saturated heterocycles. The third-order valence-corrected chi connectivity index (χ3v) is 3.77. The van der Waals surface area contributed by atoms with Gasteiger partial charge in [0.1, 0.15) is 11.4 Å². The molecule has 1 aromatic carbocycles. The fourth-order valence-electron chi connectivity index (χ4n) is 2.38. The van der Waals surface area contributed by atoms with Gasteiger partial charge in [0.25, 0.3) is 0 Å². The Hall–Kier alpha value is -1.02. The molecule has 1 N–H and O–H groups in total. The molecular weight excluding hydrogens is 210 g/mol. The summed E-state index contributed by atoms with van der Waals surface area (Å²) in [6, 6.07) is 6.45. The molecule has 0 amide bonds. The van der Waals surface area contributed by atoms with Gasteiger partial charge in [-0.25, -0.2) is 0 Å². The Kier molecular flexibility index (Phi) is 3.72. The van der Waals surface area contributed by atoms with Gasteiger partial charge in [-0.3, -0.25) is 0 Å². The first kappa shape index (κ1) is 12.4. The summed E-state index contributed by atoms with van der Waals surface area (Å²) in [7, 11) is 2.00. The lowest BCUT2D eigenvalue weighted by Crippen LogP contribution is -2.45. The van der Waals surface area contributed by atoms with E-state index in [4.69, 9.17) is 4.74 Å². The van der Waals surface area contributed by atoms with Gasteiger partial charge in [0.15, 0.2) is 0 Å². The quantitative estimate of drug-likeness (QED) is 0.843. The SMILES string of the molecule is CNCCC1(Oc2cc(C)ccc2C)CCC1. The lowest BCUT2D eigenvalue weighted by Gasteiger charge is -2.42. The molecule has 0 bridgehead atoms. The average Bonchev–Trinajstić information content (AvgIpc) is 2.26. The summed E-state index contributed by atoms with van der Waals surface area (Å²) >= 11 is 0. The van der Waals surface area contributed by atoms with Gasteiger partial charge in [-0.15, -0.1) is 0 Å². The van der Waals surface area contributed by atoms with E-state index < -0.39 is 0 Å². The minimum Gasteiger partial charge on any atom is -0.487 e. The maximum Gasteiger partial charge on any atom is 0.123 e. The van der Waals surface area contributed by atoms with Crippen molar-refractivity contribution in [3.05, 3.63) is 29.3 Å². The van der Waals surface area contributed by atoms with Crippen LogP contribution in [0.2, 0.25) is 0 Å². The largest absolute Gasteiger partial charge is 0.487 e. The fraction of sp³-hybridized carbons (Fsp3) is 0.600. The van der Waals surface area contributed by atoms with Crippen LogP contribution in [-0.4, -0.2) is 19.2 Å². The number of benzene rings is 1. The lowest BCUT2D eigenvalue weighted by molar-refractivity contribution is -0.0144. The predicted molar refractivity (Wildman–Crippen MR) is 71.7 cm³/mol. The number of hydrogen-bond acceptors (Lipinski definition) is 2. The average molecular weight is 233 g/mol. The van der Waals surface area contributed by atoms with Crippen molar-refractivity contribution < 1.29 is 4.74 Å². The van der Waals surface area contributed by atoms with Crippen LogP contribution in [0.1, 0.15) is 36.8 Å². The van der Waals surface area contributed by atoms with Gasteiger partial charge in [0, 0.05) is 0 Å². The number of ether oxygens (including phenoxy) is 1. The van der Waals surface area contributed by atoms with Crippen molar-refractivity contribution >= 4 is 0 Å². The molecule has 17 heavy (non-hydrogen) atoms. The van der Waals surface area contributed by atoms with Crippen LogP contribution in [0.4, 0.5) is 0 Å². The molecular formula is C15H23NO. The van der Waals surface area contributed by atoms with Crippen molar-refractivity contribution in [2.24, 2.45) is 0 Å². The maximum absolute atomic E-state index is 6.31. The van der Waals surface area contributed by atoms with Gasteiger partial charge < -0.3 is 10.1 Å². The molecule has 2 heteroatoms. The molecule has 0 aromatic heterocycles. The van der Waals surface area contributed by atoms with Crippen molar-refractivity contribution in [3.8, 4) is 5.75 Å². The summed E-state index contributed by atoms with van der Waals surface area (Å²) in [5.41, 5.74) is 2.61. The van der Waals surface area contributed by atoms with Crippen molar-refractivity contribution in [1.29, 1.82) is 0 Å². The summed E-state index contributed by atoms with van der Waals surface area (Å²) in [5, 5.41) is 3.22. The molecule has 94 valence electrons.